The lowest BCUT2D eigenvalue weighted by Gasteiger charge is -2.17. The van der Waals surface area contributed by atoms with Crippen molar-refractivity contribution in [3.05, 3.63) is 65.3 Å². The molecule has 0 radical (unpaired) electrons. The molecule has 30 heavy (non-hydrogen) atoms. The minimum absolute atomic E-state index is 0.0270. The summed E-state index contributed by atoms with van der Waals surface area (Å²) in [6.07, 6.45) is 1.26. The van der Waals surface area contributed by atoms with E-state index in [1.54, 1.807) is 17.0 Å². The van der Waals surface area contributed by atoms with Crippen LogP contribution >= 0.6 is 11.3 Å². The van der Waals surface area contributed by atoms with Crippen molar-refractivity contribution < 1.29 is 18.3 Å². The highest BCUT2D eigenvalue weighted by Gasteiger charge is 2.28. The SMILES string of the molecule is NCc1ncc(S(=O)(=O)c2cc(C(=O)N3CCC(O)C3)cc(-c3ccccc3)c2)s1. The number of hydrogen-bond donors (Lipinski definition) is 2. The first-order chi connectivity index (χ1) is 14.4. The monoisotopic (exact) mass is 443 g/mol. The van der Waals surface area contributed by atoms with Crippen LogP contribution in [-0.4, -0.2) is 48.5 Å². The average molecular weight is 444 g/mol. The Morgan fingerprint density at radius 3 is 2.60 bits per heavy atom. The van der Waals surface area contributed by atoms with Crippen molar-refractivity contribution in [2.24, 2.45) is 5.73 Å². The molecule has 0 spiro atoms. The number of benzene rings is 2. The second-order valence-electron chi connectivity index (χ2n) is 7.09. The van der Waals surface area contributed by atoms with E-state index in [0.29, 0.717) is 23.5 Å². The highest BCUT2D eigenvalue weighted by Crippen LogP contribution is 2.31. The number of aromatic nitrogens is 1. The van der Waals surface area contributed by atoms with Crippen LogP contribution in [0.15, 0.2) is 63.8 Å². The van der Waals surface area contributed by atoms with Gasteiger partial charge in [-0.05, 0) is 35.7 Å². The Morgan fingerprint density at radius 2 is 1.97 bits per heavy atom. The Labute approximate surface area is 178 Å². The summed E-state index contributed by atoms with van der Waals surface area (Å²) in [6, 6.07) is 14.0. The lowest BCUT2D eigenvalue weighted by atomic mass is 10.0. The lowest BCUT2D eigenvalue weighted by Crippen LogP contribution is -2.29. The van der Waals surface area contributed by atoms with Crippen LogP contribution in [-0.2, 0) is 16.4 Å². The van der Waals surface area contributed by atoms with Crippen molar-refractivity contribution in [3.8, 4) is 11.1 Å². The molecule has 1 aliphatic heterocycles. The summed E-state index contributed by atoms with van der Waals surface area (Å²) < 4.78 is 26.6. The van der Waals surface area contributed by atoms with Crippen molar-refractivity contribution in [2.45, 2.75) is 28.2 Å². The number of sulfone groups is 1. The van der Waals surface area contributed by atoms with Gasteiger partial charge in [-0.2, -0.15) is 0 Å². The predicted molar refractivity (Wildman–Crippen MR) is 114 cm³/mol. The fourth-order valence-corrected chi connectivity index (χ4v) is 5.94. The fourth-order valence-electron chi connectivity index (χ4n) is 3.41. The number of likely N-dealkylation sites (tertiary alicyclic amines) is 1. The van der Waals surface area contributed by atoms with E-state index in [-0.39, 0.29) is 33.7 Å². The van der Waals surface area contributed by atoms with Crippen LogP contribution in [0.25, 0.3) is 11.1 Å². The number of aliphatic hydroxyl groups excluding tert-OH is 1. The molecule has 1 amide bonds. The molecule has 1 fully saturated rings. The maximum Gasteiger partial charge on any atom is 0.254 e. The third-order valence-electron chi connectivity index (χ3n) is 4.99. The Morgan fingerprint density at radius 1 is 1.20 bits per heavy atom. The van der Waals surface area contributed by atoms with Gasteiger partial charge in [-0.25, -0.2) is 13.4 Å². The topological polar surface area (TPSA) is 114 Å². The third-order valence-corrected chi connectivity index (χ3v) is 8.21. The molecule has 4 rings (SSSR count). The molecule has 3 aromatic rings. The highest BCUT2D eigenvalue weighted by molar-refractivity contribution is 7.93. The van der Waals surface area contributed by atoms with E-state index in [1.165, 1.54) is 12.3 Å². The smallest absolute Gasteiger partial charge is 0.254 e. The number of hydrogen-bond acceptors (Lipinski definition) is 7. The van der Waals surface area contributed by atoms with Gasteiger partial charge in [-0.1, -0.05) is 30.3 Å². The highest BCUT2D eigenvalue weighted by atomic mass is 32.2. The zero-order chi connectivity index (χ0) is 21.3. The van der Waals surface area contributed by atoms with Gasteiger partial charge >= 0.3 is 0 Å². The fraction of sp³-hybridized carbons (Fsp3) is 0.238. The van der Waals surface area contributed by atoms with Crippen LogP contribution in [0, 0.1) is 0 Å². The Balaban J connectivity index is 1.82. The molecule has 1 aromatic heterocycles. The molecule has 1 unspecified atom stereocenters. The second kappa shape index (κ2) is 8.27. The Hall–Kier alpha value is -2.59. The van der Waals surface area contributed by atoms with Crippen molar-refractivity contribution in [1.82, 2.24) is 9.88 Å². The minimum Gasteiger partial charge on any atom is -0.391 e. The van der Waals surface area contributed by atoms with Gasteiger partial charge in [0, 0.05) is 25.2 Å². The molecule has 156 valence electrons. The van der Waals surface area contributed by atoms with Crippen LogP contribution in [0.4, 0.5) is 0 Å². The molecule has 2 heterocycles. The van der Waals surface area contributed by atoms with Gasteiger partial charge in [0.1, 0.15) is 9.22 Å². The van der Waals surface area contributed by atoms with Gasteiger partial charge in [0.05, 0.1) is 17.2 Å². The number of amides is 1. The van der Waals surface area contributed by atoms with Gasteiger partial charge in [0.15, 0.2) is 0 Å². The summed E-state index contributed by atoms with van der Waals surface area (Å²) in [5.41, 5.74) is 7.27. The number of β-amino-alcohol motifs (C(OH)–C–C–N with tert-alkyl or cyclic N) is 1. The summed E-state index contributed by atoms with van der Waals surface area (Å²) in [6.45, 7) is 0.836. The van der Waals surface area contributed by atoms with Crippen molar-refractivity contribution >= 4 is 27.1 Å². The molecule has 7 nitrogen and oxygen atoms in total. The van der Waals surface area contributed by atoms with Crippen LogP contribution in [0.1, 0.15) is 21.8 Å². The quantitative estimate of drug-likeness (QED) is 0.626. The zero-order valence-electron chi connectivity index (χ0n) is 16.1. The zero-order valence-corrected chi connectivity index (χ0v) is 17.7. The molecule has 9 heteroatoms. The number of carbonyl (C=O) groups is 1. The van der Waals surface area contributed by atoms with Crippen molar-refractivity contribution in [1.29, 1.82) is 0 Å². The van der Waals surface area contributed by atoms with E-state index < -0.39 is 15.9 Å². The maximum atomic E-state index is 13.3. The first kappa shape index (κ1) is 20.7. The first-order valence-electron chi connectivity index (χ1n) is 9.46. The number of nitrogens with zero attached hydrogens (tertiary/aromatic N) is 2. The summed E-state index contributed by atoms with van der Waals surface area (Å²) >= 11 is 1.02. The number of rotatable bonds is 5. The largest absolute Gasteiger partial charge is 0.391 e. The summed E-state index contributed by atoms with van der Waals surface area (Å²) in [4.78, 5) is 18.7. The van der Waals surface area contributed by atoms with E-state index in [2.05, 4.69) is 4.98 Å². The third kappa shape index (κ3) is 4.01. The van der Waals surface area contributed by atoms with E-state index in [1.807, 2.05) is 30.3 Å². The second-order valence-corrected chi connectivity index (χ2v) is 10.4. The average Bonchev–Trinajstić information content (AvgIpc) is 3.43. The van der Waals surface area contributed by atoms with Crippen LogP contribution in [0.3, 0.4) is 0 Å². The van der Waals surface area contributed by atoms with Crippen molar-refractivity contribution in [2.75, 3.05) is 13.1 Å². The number of nitrogens with two attached hydrogens (primary N) is 1. The number of carbonyl (C=O) groups excluding carboxylic acids is 1. The Bertz CT molecular complexity index is 1180. The van der Waals surface area contributed by atoms with Crippen LogP contribution in [0.5, 0.6) is 0 Å². The van der Waals surface area contributed by atoms with E-state index >= 15 is 0 Å². The normalized spacial score (nSPS) is 16.7. The molecule has 0 bridgehead atoms. The molecule has 3 N–H and O–H groups in total. The van der Waals surface area contributed by atoms with Gasteiger partial charge in [0.25, 0.3) is 5.91 Å². The standard InChI is InChI=1S/C21H21N3O4S2/c22-11-19-23-12-20(29-19)30(27,28)18-9-15(14-4-2-1-3-5-14)8-16(10-18)21(26)24-7-6-17(25)13-24/h1-5,8-10,12,17,25H,6-7,11,13,22H2. The van der Waals surface area contributed by atoms with E-state index in [4.69, 9.17) is 5.73 Å². The van der Waals surface area contributed by atoms with Gasteiger partial charge in [-0.15, -0.1) is 11.3 Å². The van der Waals surface area contributed by atoms with Crippen LogP contribution in [0.2, 0.25) is 0 Å². The van der Waals surface area contributed by atoms with Gasteiger partial charge in [0.2, 0.25) is 9.84 Å². The maximum absolute atomic E-state index is 13.3. The first-order valence-corrected chi connectivity index (χ1v) is 11.8. The molecular formula is C21H21N3O4S2. The molecule has 0 saturated carbocycles. The molecule has 1 aliphatic rings. The Kier molecular flexibility index (Phi) is 5.70. The van der Waals surface area contributed by atoms with E-state index in [9.17, 15) is 18.3 Å². The summed E-state index contributed by atoms with van der Waals surface area (Å²) in [5, 5.41) is 10.3. The van der Waals surface area contributed by atoms with Gasteiger partial charge < -0.3 is 15.7 Å². The molecule has 1 saturated heterocycles. The summed E-state index contributed by atoms with van der Waals surface area (Å²) in [5.74, 6) is -0.298. The summed E-state index contributed by atoms with van der Waals surface area (Å²) in [7, 11) is -3.87. The van der Waals surface area contributed by atoms with Crippen molar-refractivity contribution in [3.63, 3.8) is 0 Å². The lowest BCUT2D eigenvalue weighted by molar-refractivity contribution is 0.0765. The van der Waals surface area contributed by atoms with E-state index in [0.717, 1.165) is 16.9 Å². The molecule has 2 aromatic carbocycles. The molecular weight excluding hydrogens is 422 g/mol. The molecule has 1 atom stereocenters. The predicted octanol–water partition coefficient (Wildman–Crippen LogP) is 2.31. The van der Waals surface area contributed by atoms with Crippen LogP contribution < -0.4 is 5.73 Å². The number of aliphatic hydroxyl groups is 1. The van der Waals surface area contributed by atoms with Gasteiger partial charge in [-0.3, -0.25) is 4.79 Å². The minimum atomic E-state index is -3.87. The number of thiazole rings is 1. The molecule has 0 aliphatic carbocycles.